The topological polar surface area (TPSA) is 77.3 Å². The van der Waals surface area contributed by atoms with Crippen LogP contribution < -0.4 is 0 Å². The molecular formula is C13H20N4O3S. The number of fused-ring (bicyclic) bond motifs is 1. The number of nitrogens with zero attached hydrogens (tertiary/aromatic N) is 4. The minimum Gasteiger partial charge on any atom is -0.377 e. The van der Waals surface area contributed by atoms with Crippen LogP contribution in [0.25, 0.3) is 0 Å². The third-order valence-corrected chi connectivity index (χ3v) is 6.25. The number of ether oxygens (including phenoxy) is 1. The van der Waals surface area contributed by atoms with E-state index in [1.54, 1.807) is 15.1 Å². The Morgan fingerprint density at radius 1 is 1.48 bits per heavy atom. The number of aromatic nitrogens is 3. The molecule has 21 heavy (non-hydrogen) atoms. The smallest absolute Gasteiger partial charge is 0.217 e. The number of hydrogen-bond acceptors (Lipinski definition) is 5. The summed E-state index contributed by atoms with van der Waals surface area (Å²) >= 11 is 0. The van der Waals surface area contributed by atoms with Gasteiger partial charge in [0.15, 0.2) is 0 Å². The largest absolute Gasteiger partial charge is 0.377 e. The minimum absolute atomic E-state index is 0.0396. The summed E-state index contributed by atoms with van der Waals surface area (Å²) in [6.45, 7) is 5.27. The quantitative estimate of drug-likeness (QED) is 0.561. The molecule has 0 aromatic carbocycles. The first-order valence-electron chi connectivity index (χ1n) is 7.10. The number of hydrogen-bond donors (Lipinski definition) is 0. The highest BCUT2D eigenvalue weighted by Crippen LogP contribution is 2.35. The van der Waals surface area contributed by atoms with Crippen molar-refractivity contribution in [3.63, 3.8) is 0 Å². The first-order chi connectivity index (χ1) is 10.0. The van der Waals surface area contributed by atoms with E-state index in [4.69, 9.17) is 4.74 Å². The van der Waals surface area contributed by atoms with Crippen molar-refractivity contribution in [2.45, 2.75) is 30.6 Å². The van der Waals surface area contributed by atoms with Crippen molar-refractivity contribution in [1.82, 2.24) is 19.3 Å². The lowest BCUT2D eigenvalue weighted by Gasteiger charge is -2.31. The summed E-state index contributed by atoms with van der Waals surface area (Å²) in [5.41, 5.74) is 1.71. The zero-order valence-electron chi connectivity index (χ0n) is 12.1. The van der Waals surface area contributed by atoms with Gasteiger partial charge in [0.05, 0.1) is 30.7 Å². The molecule has 1 fully saturated rings. The van der Waals surface area contributed by atoms with E-state index in [1.807, 2.05) is 7.05 Å². The number of aryl methyl sites for hydroxylation is 1. The lowest BCUT2D eigenvalue weighted by Crippen LogP contribution is -2.41. The average molecular weight is 312 g/mol. The SMILES string of the molecule is C=CCOCC1CN(S(=O)(=O)C2CC2)Cc2nnn(C)c21. The summed E-state index contributed by atoms with van der Waals surface area (Å²) in [6.07, 6.45) is 3.22. The maximum Gasteiger partial charge on any atom is 0.217 e. The third-order valence-electron chi connectivity index (χ3n) is 3.94. The van der Waals surface area contributed by atoms with Crippen molar-refractivity contribution in [1.29, 1.82) is 0 Å². The van der Waals surface area contributed by atoms with Crippen LogP contribution in [-0.2, 0) is 28.4 Å². The van der Waals surface area contributed by atoms with Crippen LogP contribution in [-0.4, -0.2) is 52.7 Å². The van der Waals surface area contributed by atoms with Crippen molar-refractivity contribution in [2.75, 3.05) is 19.8 Å². The maximum absolute atomic E-state index is 12.5. The predicted molar refractivity (Wildman–Crippen MR) is 77.1 cm³/mol. The first-order valence-corrected chi connectivity index (χ1v) is 8.60. The molecule has 1 atom stereocenters. The van der Waals surface area contributed by atoms with Crippen LogP contribution in [0.1, 0.15) is 30.1 Å². The molecule has 1 aliphatic heterocycles. The lowest BCUT2D eigenvalue weighted by molar-refractivity contribution is 0.131. The summed E-state index contributed by atoms with van der Waals surface area (Å²) in [6, 6.07) is 0. The highest BCUT2D eigenvalue weighted by Gasteiger charge is 2.43. The van der Waals surface area contributed by atoms with Crippen LogP contribution in [0.2, 0.25) is 0 Å². The molecule has 116 valence electrons. The van der Waals surface area contributed by atoms with E-state index in [2.05, 4.69) is 16.9 Å². The molecule has 0 N–H and O–H groups in total. The molecule has 0 saturated heterocycles. The Labute approximate surface area is 124 Å². The van der Waals surface area contributed by atoms with Crippen molar-refractivity contribution >= 4 is 10.0 Å². The van der Waals surface area contributed by atoms with Crippen LogP contribution in [0.4, 0.5) is 0 Å². The molecular weight excluding hydrogens is 292 g/mol. The zero-order valence-corrected chi connectivity index (χ0v) is 12.9. The molecule has 0 bridgehead atoms. The Balaban J connectivity index is 1.84. The Kier molecular flexibility index (Phi) is 3.85. The molecule has 2 heterocycles. The van der Waals surface area contributed by atoms with Crippen LogP contribution in [0.5, 0.6) is 0 Å². The van der Waals surface area contributed by atoms with E-state index >= 15 is 0 Å². The summed E-state index contributed by atoms with van der Waals surface area (Å²) < 4.78 is 33.7. The van der Waals surface area contributed by atoms with Gasteiger partial charge in [-0.05, 0) is 12.8 Å². The van der Waals surface area contributed by atoms with Gasteiger partial charge < -0.3 is 4.74 Å². The Morgan fingerprint density at radius 2 is 2.24 bits per heavy atom. The molecule has 0 radical (unpaired) electrons. The lowest BCUT2D eigenvalue weighted by atomic mass is 10.0. The van der Waals surface area contributed by atoms with Crippen molar-refractivity contribution < 1.29 is 13.2 Å². The van der Waals surface area contributed by atoms with Crippen molar-refractivity contribution in [3.8, 4) is 0 Å². The van der Waals surface area contributed by atoms with Crippen molar-refractivity contribution in [2.24, 2.45) is 7.05 Å². The van der Waals surface area contributed by atoms with Gasteiger partial charge in [-0.1, -0.05) is 11.3 Å². The fourth-order valence-electron chi connectivity index (χ4n) is 2.78. The van der Waals surface area contributed by atoms with Gasteiger partial charge in [0.1, 0.15) is 5.69 Å². The second-order valence-corrected chi connectivity index (χ2v) is 7.82. The standard InChI is InChI=1S/C13H20N4O3S/c1-3-6-20-9-10-7-17(21(18,19)11-4-5-11)8-12-13(10)16(2)15-14-12/h3,10-11H,1,4-9H2,2H3. The fraction of sp³-hybridized carbons (Fsp3) is 0.692. The van der Waals surface area contributed by atoms with Gasteiger partial charge in [-0.2, -0.15) is 4.31 Å². The van der Waals surface area contributed by atoms with Crippen molar-refractivity contribution in [3.05, 3.63) is 24.0 Å². The van der Waals surface area contributed by atoms with Gasteiger partial charge in [-0.25, -0.2) is 8.42 Å². The molecule has 1 aromatic heterocycles. The summed E-state index contributed by atoms with van der Waals surface area (Å²) in [7, 11) is -1.37. The second-order valence-electron chi connectivity index (χ2n) is 5.60. The average Bonchev–Trinajstić information content (AvgIpc) is 3.24. The van der Waals surface area contributed by atoms with Gasteiger partial charge in [-0.15, -0.1) is 11.7 Å². The molecule has 0 spiro atoms. The Hall–Kier alpha value is -1.25. The van der Waals surface area contributed by atoms with Crippen LogP contribution >= 0.6 is 0 Å². The molecule has 1 saturated carbocycles. The summed E-state index contributed by atoms with van der Waals surface area (Å²) in [5.74, 6) is -0.0396. The Morgan fingerprint density at radius 3 is 2.90 bits per heavy atom. The van der Waals surface area contributed by atoms with E-state index in [1.165, 1.54) is 0 Å². The highest BCUT2D eigenvalue weighted by atomic mass is 32.2. The molecule has 1 aromatic rings. The van der Waals surface area contributed by atoms with Gasteiger partial charge in [0.25, 0.3) is 0 Å². The van der Waals surface area contributed by atoms with E-state index < -0.39 is 10.0 Å². The molecule has 2 aliphatic rings. The van der Waals surface area contributed by atoms with Gasteiger partial charge in [0, 0.05) is 19.5 Å². The van der Waals surface area contributed by atoms with Gasteiger partial charge in [0.2, 0.25) is 10.0 Å². The number of sulfonamides is 1. The third kappa shape index (κ3) is 2.75. The molecule has 8 heteroatoms. The van der Waals surface area contributed by atoms with E-state index in [0.717, 1.165) is 24.2 Å². The second kappa shape index (κ2) is 5.51. The molecule has 1 unspecified atom stereocenters. The Bertz CT molecular complexity index is 636. The van der Waals surface area contributed by atoms with E-state index in [-0.39, 0.29) is 11.2 Å². The predicted octanol–water partition coefficient (Wildman–Crippen LogP) is 0.409. The molecule has 3 rings (SSSR count). The van der Waals surface area contributed by atoms with Crippen LogP contribution in [0, 0.1) is 0 Å². The van der Waals surface area contributed by atoms with Gasteiger partial charge >= 0.3 is 0 Å². The zero-order chi connectivity index (χ0) is 15.0. The van der Waals surface area contributed by atoms with Crippen LogP contribution in [0.15, 0.2) is 12.7 Å². The normalized spacial score (nSPS) is 23.0. The maximum atomic E-state index is 12.5. The summed E-state index contributed by atoms with van der Waals surface area (Å²) in [5, 5.41) is 7.93. The molecule has 0 amide bonds. The fourth-order valence-corrected chi connectivity index (χ4v) is 4.62. The minimum atomic E-state index is -3.21. The molecule has 1 aliphatic carbocycles. The monoisotopic (exact) mass is 312 g/mol. The summed E-state index contributed by atoms with van der Waals surface area (Å²) in [4.78, 5) is 0. The van der Waals surface area contributed by atoms with E-state index in [0.29, 0.717) is 26.3 Å². The highest BCUT2D eigenvalue weighted by molar-refractivity contribution is 7.90. The van der Waals surface area contributed by atoms with E-state index in [9.17, 15) is 8.42 Å². The van der Waals surface area contributed by atoms with Gasteiger partial charge in [-0.3, -0.25) is 4.68 Å². The first kappa shape index (κ1) is 14.7. The number of rotatable bonds is 6. The van der Waals surface area contributed by atoms with Crippen LogP contribution in [0.3, 0.4) is 0 Å². The molecule has 7 nitrogen and oxygen atoms in total.